The first-order valence-electron chi connectivity index (χ1n) is 6.11. The summed E-state index contributed by atoms with van der Waals surface area (Å²) in [7, 11) is 0. The molecule has 0 fully saturated rings. The molecule has 98 valence electrons. The Morgan fingerprint density at radius 3 is 2.74 bits per heavy atom. The van der Waals surface area contributed by atoms with Crippen LogP contribution in [0.15, 0.2) is 45.3 Å². The fourth-order valence-corrected chi connectivity index (χ4v) is 3.63. The molecule has 2 aromatic rings. The van der Waals surface area contributed by atoms with Crippen LogP contribution in [-0.4, -0.2) is 6.61 Å². The van der Waals surface area contributed by atoms with E-state index in [0.717, 1.165) is 38.8 Å². The quantitative estimate of drug-likeness (QED) is 0.844. The maximum atomic E-state index is 6.38. The Kier molecular flexibility index (Phi) is 3.65. The summed E-state index contributed by atoms with van der Waals surface area (Å²) in [5, 5.41) is 0. The molecule has 0 aliphatic carbocycles. The van der Waals surface area contributed by atoms with Crippen LogP contribution < -0.4 is 10.5 Å². The second-order valence-electron chi connectivity index (χ2n) is 4.61. The molecule has 2 aromatic carbocycles. The minimum absolute atomic E-state index is 0.131. The van der Waals surface area contributed by atoms with Crippen molar-refractivity contribution < 1.29 is 4.74 Å². The molecule has 1 heterocycles. The van der Waals surface area contributed by atoms with Crippen molar-refractivity contribution in [2.24, 2.45) is 5.73 Å². The SMILES string of the molecule is NC(c1ccc2c(c1)CCO2)c1ccc(Br)cc1Br. The van der Waals surface area contributed by atoms with Crippen molar-refractivity contribution in [2.75, 3.05) is 6.61 Å². The maximum Gasteiger partial charge on any atom is 0.122 e. The second kappa shape index (κ2) is 5.27. The molecule has 0 amide bonds. The molecule has 0 radical (unpaired) electrons. The molecule has 19 heavy (non-hydrogen) atoms. The van der Waals surface area contributed by atoms with E-state index in [0.29, 0.717) is 0 Å². The van der Waals surface area contributed by atoms with E-state index in [1.54, 1.807) is 0 Å². The summed E-state index contributed by atoms with van der Waals surface area (Å²) in [6, 6.07) is 12.2. The van der Waals surface area contributed by atoms with E-state index in [-0.39, 0.29) is 6.04 Å². The van der Waals surface area contributed by atoms with E-state index < -0.39 is 0 Å². The van der Waals surface area contributed by atoms with Crippen LogP contribution in [0.3, 0.4) is 0 Å². The second-order valence-corrected chi connectivity index (χ2v) is 6.38. The van der Waals surface area contributed by atoms with E-state index in [4.69, 9.17) is 10.5 Å². The number of hydrogen-bond acceptors (Lipinski definition) is 2. The molecule has 3 rings (SSSR count). The lowest BCUT2D eigenvalue weighted by Crippen LogP contribution is -2.12. The van der Waals surface area contributed by atoms with Gasteiger partial charge in [0, 0.05) is 15.4 Å². The fourth-order valence-electron chi connectivity index (χ4n) is 2.33. The van der Waals surface area contributed by atoms with Gasteiger partial charge in [0.1, 0.15) is 5.75 Å². The molecule has 1 atom stereocenters. The summed E-state index contributed by atoms with van der Waals surface area (Å²) in [5.41, 5.74) is 9.83. The first kappa shape index (κ1) is 13.2. The molecule has 0 bridgehead atoms. The highest BCUT2D eigenvalue weighted by molar-refractivity contribution is 9.11. The van der Waals surface area contributed by atoms with Crippen LogP contribution in [0, 0.1) is 0 Å². The Labute approximate surface area is 129 Å². The molecular weight excluding hydrogens is 370 g/mol. The largest absolute Gasteiger partial charge is 0.493 e. The standard InChI is InChI=1S/C15H13Br2NO/c16-11-2-3-12(13(17)8-11)15(18)10-1-4-14-9(7-10)5-6-19-14/h1-4,7-8,15H,5-6,18H2. The van der Waals surface area contributed by atoms with Crippen molar-refractivity contribution in [3.63, 3.8) is 0 Å². The van der Waals surface area contributed by atoms with Crippen molar-refractivity contribution in [1.82, 2.24) is 0 Å². The van der Waals surface area contributed by atoms with Gasteiger partial charge in [-0.15, -0.1) is 0 Å². The number of fused-ring (bicyclic) bond motifs is 1. The lowest BCUT2D eigenvalue weighted by molar-refractivity contribution is 0.357. The van der Waals surface area contributed by atoms with Crippen LogP contribution in [0.4, 0.5) is 0 Å². The van der Waals surface area contributed by atoms with Crippen LogP contribution >= 0.6 is 31.9 Å². The lowest BCUT2D eigenvalue weighted by atomic mass is 9.97. The molecule has 0 aromatic heterocycles. The number of benzene rings is 2. The van der Waals surface area contributed by atoms with Gasteiger partial charge >= 0.3 is 0 Å². The highest BCUT2D eigenvalue weighted by Crippen LogP contribution is 2.33. The maximum absolute atomic E-state index is 6.38. The minimum Gasteiger partial charge on any atom is -0.493 e. The molecular formula is C15H13Br2NO. The molecule has 0 saturated carbocycles. The van der Waals surface area contributed by atoms with Gasteiger partial charge in [-0.3, -0.25) is 0 Å². The van der Waals surface area contributed by atoms with Crippen LogP contribution in [0.5, 0.6) is 5.75 Å². The Hall–Kier alpha value is -0.840. The Morgan fingerprint density at radius 1 is 1.11 bits per heavy atom. The summed E-state index contributed by atoms with van der Waals surface area (Å²) in [5.74, 6) is 0.992. The van der Waals surface area contributed by atoms with Gasteiger partial charge in [0.15, 0.2) is 0 Å². The summed E-state index contributed by atoms with van der Waals surface area (Å²) < 4.78 is 7.58. The summed E-state index contributed by atoms with van der Waals surface area (Å²) in [4.78, 5) is 0. The van der Waals surface area contributed by atoms with Crippen LogP contribution in [0.2, 0.25) is 0 Å². The van der Waals surface area contributed by atoms with Gasteiger partial charge in [-0.2, -0.15) is 0 Å². The van der Waals surface area contributed by atoms with E-state index in [9.17, 15) is 0 Å². The summed E-state index contributed by atoms with van der Waals surface area (Å²) >= 11 is 7.03. The zero-order valence-electron chi connectivity index (χ0n) is 10.2. The predicted octanol–water partition coefficient (Wildman–Crippen LogP) is 4.19. The fraction of sp³-hybridized carbons (Fsp3) is 0.200. The first-order valence-corrected chi connectivity index (χ1v) is 7.70. The van der Waals surface area contributed by atoms with Crippen molar-refractivity contribution >= 4 is 31.9 Å². The summed E-state index contributed by atoms with van der Waals surface area (Å²) in [6.07, 6.45) is 0.970. The minimum atomic E-state index is -0.131. The molecule has 1 aliphatic rings. The van der Waals surface area contributed by atoms with Gasteiger partial charge in [0.05, 0.1) is 12.6 Å². The third kappa shape index (κ3) is 2.57. The summed E-state index contributed by atoms with van der Waals surface area (Å²) in [6.45, 7) is 0.774. The third-order valence-electron chi connectivity index (χ3n) is 3.37. The van der Waals surface area contributed by atoms with Gasteiger partial charge < -0.3 is 10.5 Å². The number of rotatable bonds is 2. The number of nitrogens with two attached hydrogens (primary N) is 1. The average Bonchev–Trinajstić information content (AvgIpc) is 2.85. The zero-order chi connectivity index (χ0) is 13.4. The molecule has 0 spiro atoms. The highest BCUT2D eigenvalue weighted by Gasteiger charge is 2.17. The van der Waals surface area contributed by atoms with Crippen molar-refractivity contribution in [1.29, 1.82) is 0 Å². The van der Waals surface area contributed by atoms with Crippen molar-refractivity contribution in [2.45, 2.75) is 12.5 Å². The van der Waals surface area contributed by atoms with Gasteiger partial charge in [-0.05, 0) is 34.9 Å². The average molecular weight is 383 g/mol. The molecule has 1 unspecified atom stereocenters. The number of hydrogen-bond donors (Lipinski definition) is 1. The van der Waals surface area contributed by atoms with Crippen molar-refractivity contribution in [3.05, 3.63) is 62.0 Å². The molecule has 2 nitrogen and oxygen atoms in total. The van der Waals surface area contributed by atoms with E-state index in [2.05, 4.69) is 37.9 Å². The zero-order valence-corrected chi connectivity index (χ0v) is 13.4. The van der Waals surface area contributed by atoms with Crippen LogP contribution in [0.1, 0.15) is 22.7 Å². The molecule has 2 N–H and O–H groups in total. The van der Waals surface area contributed by atoms with Gasteiger partial charge in [-0.1, -0.05) is 50.1 Å². The Bertz CT molecular complexity index is 628. The van der Waals surface area contributed by atoms with Crippen LogP contribution in [0.25, 0.3) is 0 Å². The number of ether oxygens (including phenoxy) is 1. The van der Waals surface area contributed by atoms with Crippen LogP contribution in [-0.2, 0) is 6.42 Å². The van der Waals surface area contributed by atoms with Crippen molar-refractivity contribution in [3.8, 4) is 5.75 Å². The van der Waals surface area contributed by atoms with Gasteiger partial charge in [0.25, 0.3) is 0 Å². The van der Waals surface area contributed by atoms with E-state index >= 15 is 0 Å². The van der Waals surface area contributed by atoms with E-state index in [1.807, 2.05) is 30.3 Å². The first-order chi connectivity index (χ1) is 9.15. The Balaban J connectivity index is 1.97. The smallest absolute Gasteiger partial charge is 0.122 e. The normalized spacial score (nSPS) is 14.9. The Morgan fingerprint density at radius 2 is 1.95 bits per heavy atom. The highest BCUT2D eigenvalue weighted by atomic mass is 79.9. The van der Waals surface area contributed by atoms with Gasteiger partial charge in [-0.25, -0.2) is 0 Å². The third-order valence-corrected chi connectivity index (χ3v) is 4.55. The van der Waals surface area contributed by atoms with Gasteiger partial charge in [0.2, 0.25) is 0 Å². The molecule has 0 saturated heterocycles. The predicted molar refractivity (Wildman–Crippen MR) is 83.5 cm³/mol. The molecule has 1 aliphatic heterocycles. The lowest BCUT2D eigenvalue weighted by Gasteiger charge is -2.15. The van der Waals surface area contributed by atoms with E-state index in [1.165, 1.54) is 5.56 Å². The topological polar surface area (TPSA) is 35.2 Å². The number of halogens is 2. The molecule has 4 heteroatoms. The monoisotopic (exact) mass is 381 g/mol.